The molecule has 1 atom stereocenters. The number of aliphatic imine (C=N–C) groups is 1. The highest BCUT2D eigenvalue weighted by atomic mass is 35.5. The lowest BCUT2D eigenvalue weighted by Crippen LogP contribution is -2.45. The van der Waals surface area contributed by atoms with E-state index >= 15 is 0 Å². The first kappa shape index (κ1) is 16.6. The van der Waals surface area contributed by atoms with Crippen LogP contribution in [0.3, 0.4) is 0 Å². The first-order valence-corrected chi connectivity index (χ1v) is 7.19. The summed E-state index contributed by atoms with van der Waals surface area (Å²) in [5, 5.41) is 3.73. The van der Waals surface area contributed by atoms with E-state index in [1.165, 1.54) is 0 Å². The maximum absolute atomic E-state index is 6.08. The molecular weight excluding hydrogens is 274 g/mol. The number of benzene rings is 1. The van der Waals surface area contributed by atoms with Gasteiger partial charge in [0.1, 0.15) is 11.9 Å². The lowest BCUT2D eigenvalue weighted by atomic mass is 10.1. The molecule has 0 aliphatic carbocycles. The first-order chi connectivity index (χ1) is 9.31. The van der Waals surface area contributed by atoms with Gasteiger partial charge in [0.2, 0.25) is 0 Å². The molecule has 4 nitrogen and oxygen atoms in total. The molecule has 112 valence electrons. The Labute approximate surface area is 126 Å². The van der Waals surface area contributed by atoms with Crippen molar-refractivity contribution in [2.24, 2.45) is 10.7 Å². The van der Waals surface area contributed by atoms with Gasteiger partial charge in [-0.15, -0.1) is 0 Å². The van der Waals surface area contributed by atoms with Gasteiger partial charge in [-0.05, 0) is 39.3 Å². The second-order valence-electron chi connectivity index (χ2n) is 5.68. The molecule has 0 bridgehead atoms. The van der Waals surface area contributed by atoms with Crippen molar-refractivity contribution >= 4 is 17.6 Å². The van der Waals surface area contributed by atoms with E-state index < -0.39 is 0 Å². The molecule has 1 aromatic rings. The normalized spacial score (nSPS) is 13.9. The van der Waals surface area contributed by atoms with E-state index in [9.17, 15) is 0 Å². The van der Waals surface area contributed by atoms with Gasteiger partial charge in [-0.3, -0.25) is 0 Å². The number of nitrogens with two attached hydrogens (primary N) is 1. The smallest absolute Gasteiger partial charge is 0.189 e. The molecule has 0 aliphatic heterocycles. The quantitative estimate of drug-likeness (QED) is 0.648. The van der Waals surface area contributed by atoms with Gasteiger partial charge in [-0.25, -0.2) is 4.99 Å². The van der Waals surface area contributed by atoms with Crippen molar-refractivity contribution in [2.75, 3.05) is 6.54 Å². The largest absolute Gasteiger partial charge is 0.487 e. The Kier molecular flexibility index (Phi) is 6.14. The summed E-state index contributed by atoms with van der Waals surface area (Å²) in [6.07, 6.45) is 0.785. The van der Waals surface area contributed by atoms with Crippen LogP contribution in [0.4, 0.5) is 0 Å². The predicted octanol–water partition coefficient (Wildman–Crippen LogP) is 3.20. The van der Waals surface area contributed by atoms with E-state index in [0.29, 0.717) is 23.3 Å². The highest BCUT2D eigenvalue weighted by Gasteiger charge is 2.12. The SMILES string of the molecule is CCC(CN=C(N)NC(C)(C)C)Oc1ccccc1Cl. The molecule has 1 aromatic carbocycles. The number of hydrogen-bond donors (Lipinski definition) is 2. The fourth-order valence-corrected chi connectivity index (χ4v) is 1.77. The predicted molar refractivity (Wildman–Crippen MR) is 85.5 cm³/mol. The van der Waals surface area contributed by atoms with Crippen molar-refractivity contribution in [1.29, 1.82) is 0 Å². The average molecular weight is 298 g/mol. The first-order valence-electron chi connectivity index (χ1n) is 6.81. The van der Waals surface area contributed by atoms with Crippen molar-refractivity contribution < 1.29 is 4.74 Å². The van der Waals surface area contributed by atoms with Crippen LogP contribution in [0.15, 0.2) is 29.3 Å². The van der Waals surface area contributed by atoms with Crippen LogP contribution < -0.4 is 15.8 Å². The summed E-state index contributed by atoms with van der Waals surface area (Å²) in [5.41, 5.74) is 5.75. The number of guanidine groups is 1. The summed E-state index contributed by atoms with van der Waals surface area (Å²) in [6.45, 7) is 8.65. The summed E-state index contributed by atoms with van der Waals surface area (Å²) >= 11 is 6.08. The Balaban J connectivity index is 2.60. The Morgan fingerprint density at radius 2 is 2.05 bits per heavy atom. The standard InChI is InChI=1S/C15H24ClN3O/c1-5-11(10-18-14(17)19-15(2,3)4)20-13-9-7-6-8-12(13)16/h6-9,11H,5,10H2,1-4H3,(H3,17,18,19). The Morgan fingerprint density at radius 3 is 2.60 bits per heavy atom. The number of hydrogen-bond acceptors (Lipinski definition) is 2. The second-order valence-corrected chi connectivity index (χ2v) is 6.09. The number of ether oxygens (including phenoxy) is 1. The van der Waals surface area contributed by atoms with E-state index in [4.69, 9.17) is 22.1 Å². The number of halogens is 1. The van der Waals surface area contributed by atoms with Crippen LogP contribution in [0.2, 0.25) is 5.02 Å². The summed E-state index contributed by atoms with van der Waals surface area (Å²) in [5.74, 6) is 1.11. The molecule has 20 heavy (non-hydrogen) atoms. The molecule has 1 rings (SSSR count). The van der Waals surface area contributed by atoms with Crippen molar-refractivity contribution in [2.45, 2.75) is 45.8 Å². The van der Waals surface area contributed by atoms with Gasteiger partial charge < -0.3 is 15.8 Å². The maximum Gasteiger partial charge on any atom is 0.189 e. The monoisotopic (exact) mass is 297 g/mol. The summed E-state index contributed by atoms with van der Waals surface area (Å²) in [6, 6.07) is 7.43. The van der Waals surface area contributed by atoms with Crippen LogP contribution in [0, 0.1) is 0 Å². The molecule has 0 radical (unpaired) electrons. The average Bonchev–Trinajstić information content (AvgIpc) is 2.34. The molecule has 0 fully saturated rings. The second kappa shape index (κ2) is 7.39. The molecule has 1 unspecified atom stereocenters. The number of nitrogens with zero attached hydrogens (tertiary/aromatic N) is 1. The zero-order valence-electron chi connectivity index (χ0n) is 12.6. The topological polar surface area (TPSA) is 59.6 Å². The van der Waals surface area contributed by atoms with Crippen molar-refractivity contribution in [3.05, 3.63) is 29.3 Å². The molecule has 0 aromatic heterocycles. The van der Waals surface area contributed by atoms with Crippen LogP contribution >= 0.6 is 11.6 Å². The fraction of sp³-hybridized carbons (Fsp3) is 0.533. The molecule has 0 spiro atoms. The van der Waals surface area contributed by atoms with Gasteiger partial charge >= 0.3 is 0 Å². The minimum Gasteiger partial charge on any atom is -0.487 e. The minimum absolute atomic E-state index is 0.0461. The Morgan fingerprint density at radius 1 is 1.40 bits per heavy atom. The molecule has 3 N–H and O–H groups in total. The lowest BCUT2D eigenvalue weighted by molar-refractivity contribution is 0.206. The molecular formula is C15H24ClN3O. The van der Waals surface area contributed by atoms with Gasteiger partial charge in [-0.1, -0.05) is 30.7 Å². The zero-order valence-corrected chi connectivity index (χ0v) is 13.4. The number of rotatable bonds is 5. The van der Waals surface area contributed by atoms with Gasteiger partial charge in [0.25, 0.3) is 0 Å². The van der Waals surface area contributed by atoms with Crippen LogP contribution in [0.1, 0.15) is 34.1 Å². The summed E-state index contributed by atoms with van der Waals surface area (Å²) in [4.78, 5) is 4.32. The Bertz CT molecular complexity index is 455. The van der Waals surface area contributed by atoms with Gasteiger partial charge in [0.15, 0.2) is 5.96 Å². The van der Waals surface area contributed by atoms with E-state index in [0.717, 1.165) is 6.42 Å². The molecule has 5 heteroatoms. The summed E-state index contributed by atoms with van der Waals surface area (Å²) in [7, 11) is 0. The third-order valence-corrected chi connectivity index (χ3v) is 2.87. The van der Waals surface area contributed by atoms with Crippen LogP contribution in [-0.4, -0.2) is 24.1 Å². The van der Waals surface area contributed by atoms with Crippen LogP contribution in [-0.2, 0) is 0 Å². The third-order valence-electron chi connectivity index (χ3n) is 2.55. The van der Waals surface area contributed by atoms with E-state index in [-0.39, 0.29) is 11.6 Å². The van der Waals surface area contributed by atoms with Crippen LogP contribution in [0.5, 0.6) is 5.75 Å². The summed E-state index contributed by atoms with van der Waals surface area (Å²) < 4.78 is 5.85. The van der Waals surface area contributed by atoms with Crippen molar-refractivity contribution in [3.63, 3.8) is 0 Å². The minimum atomic E-state index is -0.0983. The third kappa shape index (κ3) is 6.15. The van der Waals surface area contributed by atoms with E-state index in [1.807, 2.05) is 52.0 Å². The van der Waals surface area contributed by atoms with Crippen LogP contribution in [0.25, 0.3) is 0 Å². The fourth-order valence-electron chi connectivity index (χ4n) is 1.59. The molecule has 0 saturated heterocycles. The highest BCUT2D eigenvalue weighted by Crippen LogP contribution is 2.24. The molecule has 0 saturated carbocycles. The zero-order chi connectivity index (χ0) is 15.2. The molecule has 0 aliphatic rings. The van der Waals surface area contributed by atoms with E-state index in [2.05, 4.69) is 10.3 Å². The van der Waals surface area contributed by atoms with E-state index in [1.54, 1.807) is 0 Å². The lowest BCUT2D eigenvalue weighted by Gasteiger charge is -2.22. The van der Waals surface area contributed by atoms with Gasteiger partial charge in [-0.2, -0.15) is 0 Å². The molecule has 0 heterocycles. The van der Waals surface area contributed by atoms with Crippen molar-refractivity contribution in [1.82, 2.24) is 5.32 Å². The Hall–Kier alpha value is -1.42. The maximum atomic E-state index is 6.08. The molecule has 0 amide bonds. The van der Waals surface area contributed by atoms with Gasteiger partial charge in [0.05, 0.1) is 11.6 Å². The van der Waals surface area contributed by atoms with Crippen molar-refractivity contribution in [3.8, 4) is 5.75 Å². The number of para-hydroxylation sites is 1. The highest BCUT2D eigenvalue weighted by molar-refractivity contribution is 6.32. The number of nitrogens with one attached hydrogen (secondary N) is 1. The van der Waals surface area contributed by atoms with Gasteiger partial charge in [0, 0.05) is 5.54 Å².